The number of amides is 2. The molecule has 2 aliphatic rings. The Morgan fingerprint density at radius 3 is 2.76 bits per heavy atom. The average molecular weight is 559 g/mol. The number of rotatable bonds is 5. The van der Waals surface area contributed by atoms with Gasteiger partial charge in [-0.1, -0.05) is 30.4 Å². The zero-order valence-electron chi connectivity index (χ0n) is 23.7. The number of likely N-dealkylation sites (tertiary alicyclic amines) is 1. The third-order valence-corrected chi connectivity index (χ3v) is 7.34. The number of aryl methyl sites for hydroxylation is 2. The van der Waals surface area contributed by atoms with Crippen LogP contribution in [0, 0.1) is 13.8 Å². The monoisotopic (exact) mass is 558 g/mol. The number of aliphatic hydroxyl groups is 1. The number of hydrogen-bond donors (Lipinski definition) is 3. The molecule has 0 atom stereocenters. The van der Waals surface area contributed by atoms with Crippen molar-refractivity contribution in [2.75, 3.05) is 54.9 Å². The van der Waals surface area contributed by atoms with Crippen LogP contribution in [-0.2, 0) is 11.3 Å². The predicted octanol–water partition coefficient (Wildman–Crippen LogP) is 4.80. The van der Waals surface area contributed by atoms with Gasteiger partial charge in [0.2, 0.25) is 5.95 Å². The van der Waals surface area contributed by atoms with Gasteiger partial charge >= 0.3 is 6.03 Å². The molecular formula is C31H38N6O4. The van der Waals surface area contributed by atoms with Crippen LogP contribution in [0.1, 0.15) is 29.5 Å². The Morgan fingerprint density at radius 2 is 1.95 bits per heavy atom. The molecule has 2 aliphatic heterocycles. The van der Waals surface area contributed by atoms with Gasteiger partial charge in [-0.15, -0.1) is 0 Å². The maximum absolute atomic E-state index is 13.4. The Labute approximate surface area is 241 Å². The maximum atomic E-state index is 13.4. The molecule has 5 rings (SSSR count). The molecule has 216 valence electrons. The molecule has 0 aliphatic carbocycles. The Hall–Kier alpha value is -3.99. The lowest BCUT2D eigenvalue weighted by atomic mass is 10.1. The molecule has 1 aromatic heterocycles. The third-order valence-electron chi connectivity index (χ3n) is 7.34. The van der Waals surface area contributed by atoms with Crippen molar-refractivity contribution in [2.24, 2.45) is 0 Å². The van der Waals surface area contributed by atoms with Crippen LogP contribution in [0.3, 0.4) is 0 Å². The van der Waals surface area contributed by atoms with E-state index in [-0.39, 0.29) is 12.1 Å². The van der Waals surface area contributed by atoms with Crippen molar-refractivity contribution in [1.82, 2.24) is 14.9 Å². The predicted molar refractivity (Wildman–Crippen MR) is 160 cm³/mol. The fourth-order valence-electron chi connectivity index (χ4n) is 4.98. The summed E-state index contributed by atoms with van der Waals surface area (Å²) in [6, 6.07) is 13.2. The molecule has 41 heavy (non-hydrogen) atoms. The molecule has 10 heteroatoms. The van der Waals surface area contributed by atoms with E-state index in [2.05, 4.69) is 25.5 Å². The number of piperidine rings is 1. The fourth-order valence-corrected chi connectivity index (χ4v) is 4.98. The second-order valence-electron chi connectivity index (χ2n) is 10.4. The molecule has 0 unspecified atom stereocenters. The summed E-state index contributed by atoms with van der Waals surface area (Å²) in [7, 11) is 0. The van der Waals surface area contributed by atoms with Gasteiger partial charge in [-0.25, -0.2) is 9.78 Å². The van der Waals surface area contributed by atoms with Crippen LogP contribution in [0.5, 0.6) is 5.75 Å². The summed E-state index contributed by atoms with van der Waals surface area (Å²) in [6.07, 6.45) is 6.88. The van der Waals surface area contributed by atoms with Gasteiger partial charge in [-0.2, -0.15) is 4.98 Å². The molecule has 0 spiro atoms. The Kier molecular flexibility index (Phi) is 9.45. The minimum absolute atomic E-state index is 0.182. The molecule has 3 heterocycles. The molecular weight excluding hydrogens is 520 g/mol. The largest absolute Gasteiger partial charge is 0.492 e. The summed E-state index contributed by atoms with van der Waals surface area (Å²) < 4.78 is 12.1. The summed E-state index contributed by atoms with van der Waals surface area (Å²) in [5.41, 5.74) is 4.48. The van der Waals surface area contributed by atoms with Crippen molar-refractivity contribution in [2.45, 2.75) is 39.4 Å². The summed E-state index contributed by atoms with van der Waals surface area (Å²) in [5, 5.41) is 16.1. The van der Waals surface area contributed by atoms with Gasteiger partial charge < -0.3 is 25.2 Å². The minimum Gasteiger partial charge on any atom is -0.492 e. The van der Waals surface area contributed by atoms with Crippen molar-refractivity contribution in [1.29, 1.82) is 0 Å². The van der Waals surface area contributed by atoms with Crippen molar-refractivity contribution >= 4 is 29.2 Å². The lowest BCUT2D eigenvalue weighted by Gasteiger charge is -2.29. The summed E-state index contributed by atoms with van der Waals surface area (Å²) in [5.74, 6) is 1.62. The number of nitrogens with zero attached hydrogens (tertiary/aromatic N) is 4. The molecule has 2 aromatic carbocycles. The van der Waals surface area contributed by atoms with E-state index in [0.717, 1.165) is 66.3 Å². The number of carbonyl (C=O) groups is 1. The van der Waals surface area contributed by atoms with Gasteiger partial charge in [0.1, 0.15) is 18.2 Å². The lowest BCUT2D eigenvalue weighted by molar-refractivity contribution is 0.0750. The smallest absolute Gasteiger partial charge is 0.327 e. The molecule has 1 fully saturated rings. The number of para-hydroxylation sites is 1. The lowest BCUT2D eigenvalue weighted by Crippen LogP contribution is -2.38. The minimum atomic E-state index is -0.283. The molecule has 0 saturated carbocycles. The maximum Gasteiger partial charge on any atom is 0.327 e. The summed E-state index contributed by atoms with van der Waals surface area (Å²) in [6.45, 7) is 8.14. The van der Waals surface area contributed by atoms with Crippen LogP contribution in [-0.4, -0.2) is 71.5 Å². The van der Waals surface area contributed by atoms with E-state index in [4.69, 9.17) is 9.47 Å². The molecule has 2 amide bonds. The van der Waals surface area contributed by atoms with E-state index in [0.29, 0.717) is 38.1 Å². The van der Waals surface area contributed by atoms with E-state index in [1.165, 1.54) is 0 Å². The van der Waals surface area contributed by atoms with Crippen LogP contribution in [0.15, 0.2) is 60.8 Å². The topological polar surface area (TPSA) is 112 Å². The number of aliphatic hydroxyl groups excluding tert-OH is 1. The van der Waals surface area contributed by atoms with E-state index in [1.807, 2.05) is 62.4 Å². The Morgan fingerprint density at radius 1 is 1.15 bits per heavy atom. The van der Waals surface area contributed by atoms with Gasteiger partial charge in [0.25, 0.3) is 0 Å². The molecule has 3 N–H and O–H groups in total. The van der Waals surface area contributed by atoms with Crippen LogP contribution >= 0.6 is 0 Å². The normalized spacial score (nSPS) is 17.3. The highest BCUT2D eigenvalue weighted by molar-refractivity contribution is 6.02. The first-order chi connectivity index (χ1) is 20.0. The van der Waals surface area contributed by atoms with Crippen LogP contribution < -0.4 is 20.3 Å². The van der Waals surface area contributed by atoms with Gasteiger partial charge in [0.15, 0.2) is 0 Å². The highest BCUT2D eigenvalue weighted by atomic mass is 16.5. The van der Waals surface area contributed by atoms with Crippen molar-refractivity contribution < 1.29 is 19.4 Å². The number of anilines is 4. The van der Waals surface area contributed by atoms with Crippen LogP contribution in [0.2, 0.25) is 0 Å². The standard InChI is InChI=1S/C31H38N6O4/c1-22-6-5-7-23(2)29(22)35-31(39)37-14-3-4-18-40-21-24-20-25(33-30-32-13-10-28(37)34-30)8-9-27(24)41-19-17-36-15-11-26(38)12-16-36/h3-10,13,20,26,38H,11-12,14-19,21H2,1-2H3,(H,35,39)(H,32,33,34)/b4-3-. The first-order valence-electron chi connectivity index (χ1n) is 14.1. The second-order valence-corrected chi connectivity index (χ2v) is 10.4. The molecule has 1 saturated heterocycles. The zero-order valence-corrected chi connectivity index (χ0v) is 23.7. The number of fused-ring (bicyclic) bond motifs is 4. The van der Waals surface area contributed by atoms with Crippen molar-refractivity contribution in [3.8, 4) is 5.75 Å². The first kappa shape index (κ1) is 28.5. The van der Waals surface area contributed by atoms with E-state index in [1.54, 1.807) is 17.2 Å². The summed E-state index contributed by atoms with van der Waals surface area (Å²) >= 11 is 0. The Balaban J connectivity index is 1.32. The van der Waals surface area contributed by atoms with E-state index >= 15 is 0 Å². The highest BCUT2D eigenvalue weighted by Gasteiger charge is 2.20. The third kappa shape index (κ3) is 7.60. The molecule has 3 aromatic rings. The first-order valence-corrected chi connectivity index (χ1v) is 14.1. The molecule has 4 bridgehead atoms. The average Bonchev–Trinajstić information content (AvgIpc) is 2.96. The Bertz CT molecular complexity index is 1350. The van der Waals surface area contributed by atoms with Gasteiger partial charge in [0, 0.05) is 49.3 Å². The van der Waals surface area contributed by atoms with Crippen LogP contribution in [0.25, 0.3) is 0 Å². The number of aromatic nitrogens is 2. The van der Waals surface area contributed by atoms with Gasteiger partial charge in [-0.05, 0) is 62.1 Å². The fraction of sp³-hybridized carbons (Fsp3) is 0.387. The second kappa shape index (κ2) is 13.6. The van der Waals surface area contributed by atoms with Crippen molar-refractivity contribution in [3.05, 3.63) is 77.5 Å². The SMILES string of the molecule is Cc1cccc(C)c1NC(=O)N1C/C=C\COCc2cc(ccc2OCCN2CCC(O)CC2)Nc2nccc1n2. The number of ether oxygens (including phenoxy) is 2. The molecule has 10 nitrogen and oxygen atoms in total. The number of nitrogens with one attached hydrogen (secondary N) is 2. The zero-order chi connectivity index (χ0) is 28.6. The quantitative estimate of drug-likeness (QED) is 0.383. The van der Waals surface area contributed by atoms with Crippen molar-refractivity contribution in [3.63, 3.8) is 0 Å². The number of carbonyl (C=O) groups excluding carboxylic acids is 1. The van der Waals surface area contributed by atoms with Gasteiger partial charge in [-0.3, -0.25) is 9.80 Å². The van der Waals surface area contributed by atoms with Crippen LogP contribution in [0.4, 0.5) is 27.9 Å². The molecule has 0 radical (unpaired) electrons. The highest BCUT2D eigenvalue weighted by Crippen LogP contribution is 2.27. The van der Waals surface area contributed by atoms with E-state index < -0.39 is 0 Å². The van der Waals surface area contributed by atoms with E-state index in [9.17, 15) is 9.90 Å². The number of benzene rings is 2. The number of hydrogen-bond acceptors (Lipinski definition) is 8. The number of urea groups is 1. The summed E-state index contributed by atoms with van der Waals surface area (Å²) in [4.78, 5) is 26.4. The van der Waals surface area contributed by atoms with Gasteiger partial charge in [0.05, 0.1) is 19.3 Å².